The SMILES string of the molecule is Cn1ncc2c1CCCN(C(=O)CCl)C2. The van der Waals surface area contributed by atoms with Crippen molar-refractivity contribution in [3.8, 4) is 0 Å². The minimum Gasteiger partial charge on any atom is -0.337 e. The first-order valence-electron chi connectivity index (χ1n) is 5.06. The number of aryl methyl sites for hydroxylation is 1. The van der Waals surface area contributed by atoms with E-state index in [0.717, 1.165) is 24.9 Å². The molecule has 15 heavy (non-hydrogen) atoms. The molecule has 0 spiro atoms. The van der Waals surface area contributed by atoms with Crippen LogP contribution in [0, 0.1) is 0 Å². The summed E-state index contributed by atoms with van der Waals surface area (Å²) in [4.78, 5) is 13.3. The van der Waals surface area contributed by atoms with E-state index in [-0.39, 0.29) is 11.8 Å². The van der Waals surface area contributed by atoms with E-state index in [2.05, 4.69) is 5.10 Å². The van der Waals surface area contributed by atoms with Crippen molar-refractivity contribution in [2.45, 2.75) is 19.4 Å². The van der Waals surface area contributed by atoms with Crippen LogP contribution >= 0.6 is 11.6 Å². The van der Waals surface area contributed by atoms with Crippen molar-refractivity contribution in [2.75, 3.05) is 12.4 Å². The van der Waals surface area contributed by atoms with E-state index in [1.165, 1.54) is 5.69 Å². The third-order valence-electron chi connectivity index (χ3n) is 2.82. The third-order valence-corrected chi connectivity index (χ3v) is 3.05. The van der Waals surface area contributed by atoms with Gasteiger partial charge < -0.3 is 4.90 Å². The number of nitrogens with zero attached hydrogens (tertiary/aromatic N) is 3. The van der Waals surface area contributed by atoms with Crippen molar-refractivity contribution in [3.05, 3.63) is 17.5 Å². The molecule has 1 aromatic heterocycles. The van der Waals surface area contributed by atoms with Crippen molar-refractivity contribution in [2.24, 2.45) is 7.05 Å². The Bertz CT molecular complexity index is 375. The Morgan fingerprint density at radius 1 is 1.67 bits per heavy atom. The molecule has 0 aromatic carbocycles. The van der Waals surface area contributed by atoms with Gasteiger partial charge in [-0.2, -0.15) is 5.10 Å². The highest BCUT2D eigenvalue weighted by molar-refractivity contribution is 6.27. The number of hydrogen-bond acceptors (Lipinski definition) is 2. The molecule has 2 heterocycles. The van der Waals surface area contributed by atoms with Gasteiger partial charge in [0.15, 0.2) is 0 Å². The monoisotopic (exact) mass is 227 g/mol. The highest BCUT2D eigenvalue weighted by atomic mass is 35.5. The van der Waals surface area contributed by atoms with Crippen molar-refractivity contribution >= 4 is 17.5 Å². The maximum Gasteiger partial charge on any atom is 0.237 e. The molecule has 5 heteroatoms. The third kappa shape index (κ3) is 2.00. The lowest BCUT2D eigenvalue weighted by molar-refractivity contribution is -0.129. The largest absolute Gasteiger partial charge is 0.337 e. The summed E-state index contributed by atoms with van der Waals surface area (Å²) in [6.45, 7) is 1.44. The summed E-state index contributed by atoms with van der Waals surface area (Å²) < 4.78 is 1.89. The number of amides is 1. The van der Waals surface area contributed by atoms with Crippen molar-refractivity contribution in [3.63, 3.8) is 0 Å². The highest BCUT2D eigenvalue weighted by Gasteiger charge is 2.20. The summed E-state index contributed by atoms with van der Waals surface area (Å²) in [5.41, 5.74) is 2.38. The van der Waals surface area contributed by atoms with Gasteiger partial charge in [-0.15, -0.1) is 11.6 Å². The van der Waals surface area contributed by atoms with Crippen LogP contribution in [0.2, 0.25) is 0 Å². The number of rotatable bonds is 1. The Morgan fingerprint density at radius 3 is 3.20 bits per heavy atom. The molecule has 4 nitrogen and oxygen atoms in total. The lowest BCUT2D eigenvalue weighted by atomic mass is 10.2. The first-order valence-corrected chi connectivity index (χ1v) is 5.59. The molecular formula is C10H14ClN3O. The Labute approximate surface area is 93.8 Å². The van der Waals surface area contributed by atoms with Gasteiger partial charge in [0.25, 0.3) is 0 Å². The van der Waals surface area contributed by atoms with Crippen LogP contribution < -0.4 is 0 Å². The fourth-order valence-corrected chi connectivity index (χ4v) is 2.15. The first-order chi connectivity index (χ1) is 7.22. The fourth-order valence-electron chi connectivity index (χ4n) is 1.98. The first kappa shape index (κ1) is 10.5. The molecule has 2 rings (SSSR count). The standard InChI is InChI=1S/C10H14ClN3O/c1-13-9-3-2-4-14(10(15)5-11)7-8(9)6-12-13/h6H,2-5,7H2,1H3. The zero-order valence-electron chi connectivity index (χ0n) is 8.74. The van der Waals surface area contributed by atoms with E-state index >= 15 is 0 Å². The molecular weight excluding hydrogens is 214 g/mol. The predicted molar refractivity (Wildman–Crippen MR) is 57.7 cm³/mol. The molecule has 1 aromatic rings. The molecule has 1 amide bonds. The molecule has 1 aliphatic rings. The van der Waals surface area contributed by atoms with Crippen LogP contribution in [0.5, 0.6) is 0 Å². The highest BCUT2D eigenvalue weighted by Crippen LogP contribution is 2.17. The summed E-state index contributed by atoms with van der Waals surface area (Å²) >= 11 is 5.56. The van der Waals surface area contributed by atoms with Gasteiger partial charge in [-0.25, -0.2) is 0 Å². The molecule has 0 radical (unpaired) electrons. The van der Waals surface area contributed by atoms with E-state index in [1.807, 2.05) is 17.9 Å². The second-order valence-corrected chi connectivity index (χ2v) is 4.06. The van der Waals surface area contributed by atoms with Gasteiger partial charge >= 0.3 is 0 Å². The topological polar surface area (TPSA) is 38.1 Å². The molecule has 0 atom stereocenters. The Morgan fingerprint density at radius 2 is 2.47 bits per heavy atom. The lowest BCUT2D eigenvalue weighted by Gasteiger charge is -2.18. The number of carbonyl (C=O) groups excluding carboxylic acids is 1. The minimum absolute atomic E-state index is 0.00775. The number of fused-ring (bicyclic) bond motifs is 1. The molecule has 0 saturated heterocycles. The fraction of sp³-hybridized carbons (Fsp3) is 0.600. The molecule has 1 aliphatic heterocycles. The Kier molecular flexibility index (Phi) is 2.95. The molecule has 0 N–H and O–H groups in total. The van der Waals surface area contributed by atoms with Crippen molar-refractivity contribution in [1.29, 1.82) is 0 Å². The quantitative estimate of drug-likeness (QED) is 0.670. The van der Waals surface area contributed by atoms with Gasteiger partial charge in [0.1, 0.15) is 5.88 Å². The number of hydrogen-bond donors (Lipinski definition) is 0. The number of carbonyl (C=O) groups is 1. The summed E-state index contributed by atoms with van der Waals surface area (Å²) in [6.07, 6.45) is 3.81. The predicted octanol–water partition coefficient (Wildman–Crippen LogP) is 0.934. The maximum absolute atomic E-state index is 11.5. The summed E-state index contributed by atoms with van der Waals surface area (Å²) in [6, 6.07) is 0. The lowest BCUT2D eigenvalue weighted by Crippen LogP contribution is -2.31. The van der Waals surface area contributed by atoms with Crippen LogP contribution in [0.1, 0.15) is 17.7 Å². The van der Waals surface area contributed by atoms with Crippen LogP contribution in [-0.2, 0) is 24.8 Å². The summed E-state index contributed by atoms with van der Waals surface area (Å²) in [5.74, 6) is 0.0728. The number of halogens is 1. The number of aromatic nitrogens is 2. The zero-order valence-corrected chi connectivity index (χ0v) is 9.50. The van der Waals surface area contributed by atoms with E-state index in [0.29, 0.717) is 6.54 Å². The van der Waals surface area contributed by atoms with E-state index in [4.69, 9.17) is 11.6 Å². The van der Waals surface area contributed by atoms with Gasteiger partial charge in [0.2, 0.25) is 5.91 Å². The van der Waals surface area contributed by atoms with E-state index < -0.39 is 0 Å². The molecule has 0 fully saturated rings. The Balaban J connectivity index is 2.21. The molecule has 0 aliphatic carbocycles. The van der Waals surface area contributed by atoms with Gasteiger partial charge in [-0.3, -0.25) is 9.48 Å². The second-order valence-electron chi connectivity index (χ2n) is 3.79. The van der Waals surface area contributed by atoms with Crippen LogP contribution in [0.4, 0.5) is 0 Å². The van der Waals surface area contributed by atoms with Crippen LogP contribution in [0.25, 0.3) is 0 Å². The molecule has 0 unspecified atom stereocenters. The summed E-state index contributed by atoms with van der Waals surface area (Å²) in [5, 5.41) is 4.21. The van der Waals surface area contributed by atoms with Gasteiger partial charge in [0.05, 0.1) is 6.20 Å². The van der Waals surface area contributed by atoms with E-state index in [9.17, 15) is 4.79 Å². The van der Waals surface area contributed by atoms with E-state index in [1.54, 1.807) is 4.90 Å². The van der Waals surface area contributed by atoms with Crippen LogP contribution in [0.15, 0.2) is 6.20 Å². The van der Waals surface area contributed by atoms with Gasteiger partial charge in [-0.05, 0) is 12.8 Å². The van der Waals surface area contributed by atoms with Crippen molar-refractivity contribution < 1.29 is 4.79 Å². The van der Waals surface area contributed by atoms with Crippen LogP contribution in [-0.4, -0.2) is 33.0 Å². The smallest absolute Gasteiger partial charge is 0.237 e. The zero-order chi connectivity index (χ0) is 10.8. The second kappa shape index (κ2) is 4.23. The molecule has 82 valence electrons. The average molecular weight is 228 g/mol. The Hall–Kier alpha value is -1.03. The maximum atomic E-state index is 11.5. The normalized spacial score (nSPS) is 16.0. The van der Waals surface area contributed by atoms with Crippen LogP contribution in [0.3, 0.4) is 0 Å². The van der Waals surface area contributed by atoms with Gasteiger partial charge in [0, 0.05) is 31.4 Å². The van der Waals surface area contributed by atoms with Crippen molar-refractivity contribution in [1.82, 2.24) is 14.7 Å². The average Bonchev–Trinajstić information content (AvgIpc) is 2.50. The molecule has 0 bridgehead atoms. The minimum atomic E-state index is 0.00775. The summed E-state index contributed by atoms with van der Waals surface area (Å²) in [7, 11) is 1.94. The van der Waals surface area contributed by atoms with Gasteiger partial charge in [-0.1, -0.05) is 0 Å². The molecule has 0 saturated carbocycles. The number of alkyl halides is 1.